The molecule has 152 valence electrons. The van der Waals surface area contributed by atoms with Crippen LogP contribution in [0.2, 0.25) is 0 Å². The third kappa shape index (κ3) is 4.36. The normalized spacial score (nSPS) is 19.1. The van der Waals surface area contributed by atoms with Gasteiger partial charge in [-0.25, -0.2) is 0 Å². The van der Waals surface area contributed by atoms with E-state index in [1.165, 1.54) is 5.69 Å². The van der Waals surface area contributed by atoms with Gasteiger partial charge in [0.2, 0.25) is 0 Å². The minimum atomic E-state index is 0.00769. The van der Waals surface area contributed by atoms with Crippen molar-refractivity contribution in [2.24, 2.45) is 0 Å². The van der Waals surface area contributed by atoms with Gasteiger partial charge in [-0.3, -0.25) is 4.98 Å². The van der Waals surface area contributed by atoms with E-state index in [1.54, 1.807) is 6.26 Å². The SMILES string of the molecule is CN(C)CCCN1C(=S)N[C@H](c2ccccn2)[C@@H]1c1cccn1Cc1ccco1. The van der Waals surface area contributed by atoms with Crippen molar-refractivity contribution >= 4 is 17.3 Å². The fourth-order valence-electron chi connectivity index (χ4n) is 3.94. The predicted octanol–water partition coefficient (Wildman–Crippen LogP) is 3.45. The highest BCUT2D eigenvalue weighted by Crippen LogP contribution is 2.38. The molecule has 2 atom stereocenters. The van der Waals surface area contributed by atoms with E-state index in [9.17, 15) is 0 Å². The Kier molecular flexibility index (Phi) is 5.97. The van der Waals surface area contributed by atoms with Gasteiger partial charge >= 0.3 is 0 Å². The van der Waals surface area contributed by atoms with E-state index in [0.29, 0.717) is 6.54 Å². The summed E-state index contributed by atoms with van der Waals surface area (Å²) in [6, 6.07) is 14.3. The first-order chi connectivity index (χ1) is 14.1. The molecule has 7 heteroatoms. The molecule has 0 spiro atoms. The number of furan rings is 1. The number of nitrogens with zero attached hydrogens (tertiary/aromatic N) is 4. The van der Waals surface area contributed by atoms with E-state index >= 15 is 0 Å². The van der Waals surface area contributed by atoms with Crippen LogP contribution in [0.15, 0.2) is 65.5 Å². The average molecular weight is 410 g/mol. The fraction of sp³-hybridized carbons (Fsp3) is 0.364. The second-order valence-electron chi connectivity index (χ2n) is 7.62. The topological polar surface area (TPSA) is 49.5 Å². The summed E-state index contributed by atoms with van der Waals surface area (Å²) in [4.78, 5) is 9.14. The molecule has 4 heterocycles. The van der Waals surface area contributed by atoms with Crippen molar-refractivity contribution in [2.75, 3.05) is 27.2 Å². The van der Waals surface area contributed by atoms with Gasteiger partial charge in [0.1, 0.15) is 5.76 Å². The second-order valence-corrected chi connectivity index (χ2v) is 8.00. The summed E-state index contributed by atoms with van der Waals surface area (Å²) in [5, 5.41) is 4.31. The van der Waals surface area contributed by atoms with Crippen molar-refractivity contribution in [2.45, 2.75) is 25.0 Å². The van der Waals surface area contributed by atoms with Gasteiger partial charge < -0.3 is 24.1 Å². The monoisotopic (exact) mass is 409 g/mol. The Morgan fingerprint density at radius 2 is 2.07 bits per heavy atom. The summed E-state index contributed by atoms with van der Waals surface area (Å²) >= 11 is 5.75. The predicted molar refractivity (Wildman–Crippen MR) is 118 cm³/mol. The molecular weight excluding hydrogens is 382 g/mol. The Morgan fingerprint density at radius 1 is 1.17 bits per heavy atom. The minimum absolute atomic E-state index is 0.00769. The number of nitrogens with one attached hydrogen (secondary N) is 1. The van der Waals surface area contributed by atoms with Crippen LogP contribution in [-0.4, -0.2) is 51.6 Å². The van der Waals surface area contributed by atoms with E-state index in [2.05, 4.69) is 63.2 Å². The summed E-state index contributed by atoms with van der Waals surface area (Å²) in [6.07, 6.45) is 6.70. The lowest BCUT2D eigenvalue weighted by atomic mass is 10.0. The van der Waals surface area contributed by atoms with Crippen LogP contribution in [0.5, 0.6) is 0 Å². The lowest BCUT2D eigenvalue weighted by Crippen LogP contribution is -2.33. The first-order valence-electron chi connectivity index (χ1n) is 9.93. The van der Waals surface area contributed by atoms with Crippen molar-refractivity contribution in [1.82, 2.24) is 24.7 Å². The molecule has 4 rings (SSSR count). The molecule has 6 nitrogen and oxygen atoms in total. The number of hydrogen-bond donors (Lipinski definition) is 1. The van der Waals surface area contributed by atoms with Crippen LogP contribution in [0.4, 0.5) is 0 Å². The summed E-state index contributed by atoms with van der Waals surface area (Å²) in [5.41, 5.74) is 2.20. The maximum Gasteiger partial charge on any atom is 0.170 e. The van der Waals surface area contributed by atoms with Gasteiger partial charge in [0.25, 0.3) is 0 Å². The molecule has 29 heavy (non-hydrogen) atoms. The van der Waals surface area contributed by atoms with E-state index < -0.39 is 0 Å². The van der Waals surface area contributed by atoms with Crippen molar-refractivity contribution in [3.05, 3.63) is 78.3 Å². The molecule has 0 aliphatic carbocycles. The third-order valence-electron chi connectivity index (χ3n) is 5.28. The standard InChI is InChI=1S/C22H27N5OS/c1-25(2)12-7-14-27-21(20(24-22(27)29)18-9-3-4-11-23-18)19-10-5-13-26(19)16-17-8-6-15-28-17/h3-6,8-11,13,15,20-21H,7,12,14,16H2,1-2H3,(H,24,29)/t20-,21+/m1/s1. The first kappa shape index (κ1) is 19.7. The van der Waals surface area contributed by atoms with E-state index in [-0.39, 0.29) is 12.1 Å². The number of pyridine rings is 1. The number of aromatic nitrogens is 2. The van der Waals surface area contributed by atoms with Crippen molar-refractivity contribution in [1.29, 1.82) is 0 Å². The van der Waals surface area contributed by atoms with Crippen molar-refractivity contribution < 1.29 is 4.42 Å². The van der Waals surface area contributed by atoms with Crippen LogP contribution in [0.1, 0.15) is 35.7 Å². The third-order valence-corrected chi connectivity index (χ3v) is 5.63. The quantitative estimate of drug-likeness (QED) is 0.575. The highest BCUT2D eigenvalue weighted by atomic mass is 32.1. The fourth-order valence-corrected chi connectivity index (χ4v) is 4.27. The van der Waals surface area contributed by atoms with Gasteiger partial charge in [0.05, 0.1) is 30.6 Å². The van der Waals surface area contributed by atoms with E-state index in [1.807, 2.05) is 30.5 Å². The molecule has 0 bridgehead atoms. The van der Waals surface area contributed by atoms with Crippen LogP contribution >= 0.6 is 12.2 Å². The van der Waals surface area contributed by atoms with Crippen LogP contribution in [-0.2, 0) is 6.54 Å². The van der Waals surface area contributed by atoms with Gasteiger partial charge in [-0.15, -0.1) is 0 Å². The number of hydrogen-bond acceptors (Lipinski definition) is 4. The zero-order valence-corrected chi connectivity index (χ0v) is 17.7. The lowest BCUT2D eigenvalue weighted by Gasteiger charge is -2.29. The Balaban J connectivity index is 1.66. The molecule has 3 aromatic rings. The number of rotatable bonds is 8. The van der Waals surface area contributed by atoms with E-state index in [4.69, 9.17) is 16.6 Å². The summed E-state index contributed by atoms with van der Waals surface area (Å²) in [7, 11) is 4.20. The molecule has 1 fully saturated rings. The van der Waals surface area contributed by atoms with Crippen LogP contribution in [0.3, 0.4) is 0 Å². The average Bonchev–Trinajstić information content (AvgIpc) is 3.44. The summed E-state index contributed by atoms with van der Waals surface area (Å²) < 4.78 is 7.83. The molecule has 1 aliphatic rings. The van der Waals surface area contributed by atoms with Crippen molar-refractivity contribution in [3.63, 3.8) is 0 Å². The van der Waals surface area contributed by atoms with Gasteiger partial charge in [-0.05, 0) is 75.7 Å². The molecule has 0 amide bonds. The molecular formula is C22H27N5OS. The van der Waals surface area contributed by atoms with Gasteiger partial charge in [-0.2, -0.15) is 0 Å². The minimum Gasteiger partial charge on any atom is -0.467 e. The summed E-state index contributed by atoms with van der Waals surface area (Å²) in [5.74, 6) is 0.935. The molecule has 0 unspecified atom stereocenters. The van der Waals surface area contributed by atoms with Gasteiger partial charge in [0, 0.05) is 24.6 Å². The Labute approximate surface area is 177 Å². The Bertz CT molecular complexity index is 922. The lowest BCUT2D eigenvalue weighted by molar-refractivity contribution is 0.282. The maximum atomic E-state index is 5.75. The van der Waals surface area contributed by atoms with Gasteiger partial charge in [-0.1, -0.05) is 6.07 Å². The molecule has 0 aromatic carbocycles. The zero-order chi connectivity index (χ0) is 20.2. The Morgan fingerprint density at radius 3 is 2.79 bits per heavy atom. The molecule has 3 aromatic heterocycles. The highest BCUT2D eigenvalue weighted by Gasteiger charge is 2.40. The molecule has 1 aliphatic heterocycles. The van der Waals surface area contributed by atoms with E-state index in [0.717, 1.165) is 36.1 Å². The zero-order valence-electron chi connectivity index (χ0n) is 16.9. The molecule has 1 N–H and O–H groups in total. The highest BCUT2D eigenvalue weighted by molar-refractivity contribution is 7.80. The molecule has 1 saturated heterocycles. The molecule has 0 saturated carbocycles. The first-order valence-corrected chi connectivity index (χ1v) is 10.3. The Hall–Kier alpha value is -2.64. The second kappa shape index (κ2) is 8.80. The molecule has 0 radical (unpaired) electrons. The van der Waals surface area contributed by atoms with Gasteiger partial charge in [0.15, 0.2) is 5.11 Å². The smallest absolute Gasteiger partial charge is 0.170 e. The largest absolute Gasteiger partial charge is 0.467 e. The number of thiocarbonyl (C=S) groups is 1. The summed E-state index contributed by atoms with van der Waals surface area (Å²) in [6.45, 7) is 2.61. The van der Waals surface area contributed by atoms with Crippen molar-refractivity contribution in [3.8, 4) is 0 Å². The van der Waals surface area contributed by atoms with Crippen LogP contribution in [0.25, 0.3) is 0 Å². The van der Waals surface area contributed by atoms with Crippen LogP contribution < -0.4 is 5.32 Å². The van der Waals surface area contributed by atoms with Crippen LogP contribution in [0, 0.1) is 0 Å². The maximum absolute atomic E-state index is 5.75.